The van der Waals surface area contributed by atoms with Crippen LogP contribution in [0.15, 0.2) is 121 Å². The van der Waals surface area contributed by atoms with E-state index in [0.717, 1.165) is 70.9 Å². The largest absolute Gasteiger partial charge is 3.00 e. The number of aromatic nitrogens is 4. The first-order valence-electron chi connectivity index (χ1n) is 21.5. The van der Waals surface area contributed by atoms with Gasteiger partial charge in [-0.1, -0.05) is 48.5 Å². The predicted octanol–water partition coefficient (Wildman–Crippen LogP) is 13.3. The van der Waals surface area contributed by atoms with Crippen LogP contribution in [-0.4, -0.2) is 46.4 Å². The number of halogens is 4. The summed E-state index contributed by atoms with van der Waals surface area (Å²) in [5.74, 6) is -1.45. The fourth-order valence-corrected chi connectivity index (χ4v) is 7.91. The van der Waals surface area contributed by atoms with Gasteiger partial charge in [-0.2, -0.15) is 0 Å². The molecule has 0 aliphatic carbocycles. The van der Waals surface area contributed by atoms with Crippen LogP contribution < -0.4 is 0 Å². The Bertz CT molecular complexity index is 2740. The second-order valence-corrected chi connectivity index (χ2v) is 15.2. The van der Waals surface area contributed by atoms with Crippen molar-refractivity contribution in [3.8, 4) is 44.5 Å². The summed E-state index contributed by atoms with van der Waals surface area (Å²) in [4.78, 5) is 17.4. The van der Waals surface area contributed by atoms with Crippen LogP contribution in [0.4, 0.5) is 17.6 Å². The van der Waals surface area contributed by atoms with Crippen LogP contribution in [0, 0.1) is 49.9 Å². The molecule has 0 atom stereocenters. The van der Waals surface area contributed by atoms with Gasteiger partial charge in [-0.05, 0) is 145 Å². The van der Waals surface area contributed by atoms with Gasteiger partial charge in [-0.25, -0.2) is 27.5 Å². The van der Waals surface area contributed by atoms with Crippen molar-refractivity contribution in [3.63, 3.8) is 0 Å². The van der Waals surface area contributed by atoms with Gasteiger partial charge in [-0.15, -0.1) is 0 Å². The first-order chi connectivity index (χ1) is 34.4. The number of nitrogens with zero attached hydrogens (tertiary/aromatic N) is 2. The van der Waals surface area contributed by atoms with E-state index < -0.39 is 0 Å². The van der Waals surface area contributed by atoms with Crippen LogP contribution in [-0.2, 0) is 62.2 Å². The standard InChI is InChI=1S/C44H26F4N4.2C4H8O.4CO.Co.Cr/c45-29-9-1-25(2-10-29)41-33-17-19-35(49-33)42(26-3-11-30(46)12-4-26)37-21-23-39(51-37)44(28-7-15-32(48)16-8-28)40-24-22-38(52-40)43(36-20-18-34(41)50-36)27-5-13-31(47)14-6-27;2*1-2-4-5-3-1;4*1-2;;/h1-24,49,52H;2*1-4H2;;;;;;/q;;;;;;;2*+3. The van der Waals surface area contributed by atoms with Crippen LogP contribution in [0.2, 0.25) is 0 Å². The molecule has 7 aromatic rings. The minimum atomic E-state index is -0.364. The molecule has 16 heteroatoms. The molecular formula is C56H42CoCrF4N4O6+6. The predicted molar refractivity (Wildman–Crippen MR) is 256 cm³/mol. The molecule has 2 fully saturated rings. The molecule has 0 amide bonds. The van der Waals surface area contributed by atoms with E-state index in [1.165, 1.54) is 74.2 Å². The van der Waals surface area contributed by atoms with Gasteiger partial charge in [0.1, 0.15) is 23.3 Å². The van der Waals surface area contributed by atoms with Gasteiger partial charge in [0.25, 0.3) is 0 Å². The Kier molecular flexibility index (Phi) is 25.4. The van der Waals surface area contributed by atoms with E-state index in [1.807, 2.05) is 48.6 Å². The minimum absolute atomic E-state index is 0. The second kappa shape index (κ2) is 30.8. The number of rotatable bonds is 4. The summed E-state index contributed by atoms with van der Waals surface area (Å²) in [7, 11) is 0. The monoisotopic (exact) mass is 1050 g/mol. The van der Waals surface area contributed by atoms with Crippen molar-refractivity contribution >= 4 is 46.4 Å². The van der Waals surface area contributed by atoms with Crippen LogP contribution in [0.3, 0.4) is 0 Å². The van der Waals surface area contributed by atoms with Gasteiger partial charge in [0.05, 0.1) is 22.8 Å². The molecule has 10 nitrogen and oxygen atoms in total. The zero-order valence-corrected chi connectivity index (χ0v) is 40.4. The third kappa shape index (κ3) is 15.1. The molecule has 11 rings (SSSR count). The number of benzene rings is 4. The Morgan fingerprint density at radius 3 is 0.708 bits per heavy atom. The Hall–Kier alpha value is -6.88. The maximum Gasteiger partial charge on any atom is 3.00 e. The van der Waals surface area contributed by atoms with Crippen molar-refractivity contribution in [2.24, 2.45) is 0 Å². The summed E-state index contributed by atoms with van der Waals surface area (Å²) >= 11 is 0. The average molecular weight is 1050 g/mol. The summed E-state index contributed by atoms with van der Waals surface area (Å²) < 4.78 is 96.7. The fourth-order valence-electron chi connectivity index (χ4n) is 7.91. The Morgan fingerprint density at radius 1 is 0.347 bits per heavy atom. The van der Waals surface area contributed by atoms with Gasteiger partial charge < -0.3 is 19.4 Å². The fraction of sp³-hybridized carbons (Fsp3) is 0.143. The topological polar surface area (TPSA) is 155 Å². The van der Waals surface area contributed by atoms with E-state index >= 15 is 0 Å². The van der Waals surface area contributed by atoms with Crippen LogP contribution in [0.25, 0.3) is 90.9 Å². The zero-order chi connectivity index (χ0) is 50.4. The van der Waals surface area contributed by atoms with E-state index in [1.54, 1.807) is 48.5 Å². The normalized spacial score (nSPS) is 12.2. The van der Waals surface area contributed by atoms with Crippen molar-refractivity contribution in [3.05, 3.63) is 194 Å². The molecule has 1 radical (unpaired) electrons. The van der Waals surface area contributed by atoms with E-state index in [-0.39, 0.29) is 57.4 Å². The Labute approximate surface area is 434 Å². The van der Waals surface area contributed by atoms with E-state index in [0.29, 0.717) is 44.8 Å². The minimum Gasteiger partial charge on any atom is 3.00 e. The molecule has 2 saturated heterocycles. The molecule has 7 heterocycles. The van der Waals surface area contributed by atoms with Crippen molar-refractivity contribution in [1.82, 2.24) is 19.9 Å². The molecule has 0 spiro atoms. The smallest absolute Gasteiger partial charge is 3.00 e. The quantitative estimate of drug-likeness (QED) is 0.102. The first kappa shape index (κ1) is 59.4. The summed E-state index contributed by atoms with van der Waals surface area (Å²) in [6.07, 6.45) is 12.7. The molecule has 3 aromatic heterocycles. The van der Waals surface area contributed by atoms with Crippen LogP contribution in [0.1, 0.15) is 48.5 Å². The third-order valence-corrected chi connectivity index (χ3v) is 10.9. The molecule has 8 bridgehead atoms. The molecule has 4 aromatic carbocycles. The average Bonchev–Trinajstić information content (AvgIpc) is 4.27. The van der Waals surface area contributed by atoms with Crippen molar-refractivity contribution in [2.45, 2.75) is 25.7 Å². The summed E-state index contributed by atoms with van der Waals surface area (Å²) in [6.45, 7) is 22.0. The van der Waals surface area contributed by atoms with E-state index in [9.17, 15) is 17.6 Å². The molecule has 4 aliphatic heterocycles. The number of nitrogens with one attached hydrogen (secondary N) is 2. The number of aromatic amines is 2. The molecular weight excluding hydrogens is 1010 g/mol. The maximum atomic E-state index is 14.2. The van der Waals surface area contributed by atoms with E-state index in [2.05, 4.69) is 36.6 Å². The zero-order valence-electron chi connectivity index (χ0n) is 38.1. The van der Waals surface area contributed by atoms with Crippen molar-refractivity contribution in [1.29, 1.82) is 0 Å². The molecule has 2 N–H and O–H groups in total. The number of hydrogen-bond donors (Lipinski definition) is 2. The maximum absolute atomic E-state index is 14.2. The molecule has 0 saturated carbocycles. The first-order valence-corrected chi connectivity index (χ1v) is 21.5. The Morgan fingerprint density at radius 2 is 0.542 bits per heavy atom. The number of ether oxygens (including phenoxy) is 2. The van der Waals surface area contributed by atoms with E-state index in [4.69, 9.17) is 38.1 Å². The van der Waals surface area contributed by atoms with Gasteiger partial charge >= 0.3 is 79.4 Å². The second-order valence-electron chi connectivity index (χ2n) is 15.2. The van der Waals surface area contributed by atoms with Crippen molar-refractivity contribution < 1.29 is 79.8 Å². The number of hydrogen-bond acceptors (Lipinski definition) is 4. The Balaban J connectivity index is 0.000000593. The summed E-state index contributed by atoms with van der Waals surface area (Å²) in [5.41, 5.74) is 11.3. The van der Waals surface area contributed by atoms with Gasteiger partial charge in [0.15, 0.2) is 0 Å². The van der Waals surface area contributed by atoms with Crippen molar-refractivity contribution in [2.75, 3.05) is 26.4 Å². The summed E-state index contributed by atoms with van der Waals surface area (Å²) in [6, 6.07) is 32.7. The number of fused-ring (bicyclic) bond motifs is 8. The summed E-state index contributed by atoms with van der Waals surface area (Å²) in [5, 5.41) is 0. The van der Waals surface area contributed by atoms with Crippen LogP contribution >= 0.6 is 0 Å². The molecule has 72 heavy (non-hydrogen) atoms. The molecule has 0 unspecified atom stereocenters. The number of H-pyrrole nitrogens is 2. The van der Waals surface area contributed by atoms with Gasteiger partial charge in [-0.3, -0.25) is 0 Å². The van der Waals surface area contributed by atoms with Gasteiger partial charge in [0.2, 0.25) is 0 Å². The molecule has 359 valence electrons. The third-order valence-electron chi connectivity index (χ3n) is 10.9. The van der Waals surface area contributed by atoms with Crippen LogP contribution in [0.5, 0.6) is 0 Å². The SMILES string of the molecule is C1CCOC1.C1CCOC1.Fc1ccc(-c2c3nc(c(-c4ccc(F)cc4)c4ccc([nH]4)c(-c4ccc(F)cc4)c4nc(c(-c5ccc(F)cc5)c5ccc2[nH]5)C=C4)C=C3)cc1.[C-]#[O+].[C-]#[O+].[C-]#[O+].[C-]#[O+].[Co+3].[Cr+3]. The molecule has 4 aliphatic rings. The van der Waals surface area contributed by atoms with Gasteiger partial charge in [0, 0.05) is 70.7 Å².